The zero-order valence-electron chi connectivity index (χ0n) is 15.8. The fourth-order valence-corrected chi connectivity index (χ4v) is 7.57. The molecule has 2 bridgehead atoms. The maximum atomic E-state index is 13.1. The van der Waals surface area contributed by atoms with Crippen molar-refractivity contribution in [1.29, 1.82) is 0 Å². The second-order valence-electron chi connectivity index (χ2n) is 9.81. The predicted molar refractivity (Wildman–Crippen MR) is 93.1 cm³/mol. The Bertz CT molecular complexity index is 740. The Hall–Kier alpha value is -1.03. The zero-order valence-corrected chi connectivity index (χ0v) is 15.8. The molecule has 156 valence electrons. The number of aliphatic hydroxyl groups excluding tert-OH is 5. The summed E-state index contributed by atoms with van der Waals surface area (Å²) in [6.07, 6.45) is -4.49. The fourth-order valence-electron chi connectivity index (χ4n) is 7.57. The van der Waals surface area contributed by atoms with Crippen LogP contribution in [0.3, 0.4) is 0 Å². The number of aliphatic hydroxyl groups is 5. The van der Waals surface area contributed by atoms with Crippen molar-refractivity contribution in [2.75, 3.05) is 6.61 Å². The quantitative estimate of drug-likeness (QED) is 0.289. The Morgan fingerprint density at radius 1 is 1.21 bits per heavy atom. The van der Waals surface area contributed by atoms with Crippen LogP contribution in [0.2, 0.25) is 0 Å². The largest absolute Gasteiger partial charge is 0.434 e. The number of carbonyl (C=O) groups excluding carboxylic acids is 1. The van der Waals surface area contributed by atoms with Crippen LogP contribution in [0.15, 0.2) is 12.2 Å². The van der Waals surface area contributed by atoms with Crippen LogP contribution in [0.1, 0.15) is 32.6 Å². The fraction of sp³-hybridized carbons (Fsp3) is 0.850. The van der Waals surface area contributed by atoms with Crippen molar-refractivity contribution in [3.8, 4) is 0 Å². The van der Waals surface area contributed by atoms with Crippen LogP contribution in [0.25, 0.3) is 0 Å². The molecular weight excluding hydrogens is 368 g/mol. The van der Waals surface area contributed by atoms with Crippen LogP contribution in [-0.4, -0.2) is 69.0 Å². The summed E-state index contributed by atoms with van der Waals surface area (Å²) in [6.45, 7) is 5.51. The average molecular weight is 396 g/mol. The molecular formula is C20H28O8. The minimum atomic E-state index is -1.43. The van der Waals surface area contributed by atoms with Crippen LogP contribution in [0.5, 0.6) is 0 Å². The van der Waals surface area contributed by atoms with Crippen LogP contribution in [0.4, 0.5) is 0 Å². The van der Waals surface area contributed by atoms with Crippen LogP contribution in [-0.2, 0) is 14.3 Å². The van der Waals surface area contributed by atoms with Gasteiger partial charge in [0, 0.05) is 18.4 Å². The standard InChI is InChI=1S/C20H28O8/c1-8-9-5-10(22)12-19(6-9,14(8)24)16(26)28-17-20(12)11(23)3-4-18(2,7-21)13(20)15(25)27-17/h9-15,17,21-25H,1,3-7H2,2H3/t9-,10+,11+,12-,13-,14-,15-,17-,18-,19+,20-/m1/s1. The van der Waals surface area contributed by atoms with E-state index in [4.69, 9.17) is 9.47 Å². The lowest BCUT2D eigenvalue weighted by Crippen LogP contribution is -2.72. The van der Waals surface area contributed by atoms with Gasteiger partial charge in [-0.3, -0.25) is 4.79 Å². The van der Waals surface area contributed by atoms with Gasteiger partial charge >= 0.3 is 5.97 Å². The van der Waals surface area contributed by atoms with Crippen molar-refractivity contribution in [2.24, 2.45) is 34.0 Å². The molecule has 0 amide bonds. The lowest BCUT2D eigenvalue weighted by molar-refractivity contribution is -0.303. The second-order valence-corrected chi connectivity index (χ2v) is 9.81. The summed E-state index contributed by atoms with van der Waals surface area (Å²) in [5.74, 6) is -2.53. The van der Waals surface area contributed by atoms with E-state index in [1.54, 1.807) is 0 Å². The molecule has 2 spiro atoms. The van der Waals surface area contributed by atoms with Gasteiger partial charge < -0.3 is 35.0 Å². The van der Waals surface area contributed by atoms with Crippen molar-refractivity contribution in [3.05, 3.63) is 12.2 Å². The molecule has 3 saturated carbocycles. The van der Waals surface area contributed by atoms with Gasteiger partial charge in [-0.25, -0.2) is 0 Å². The molecule has 3 aliphatic carbocycles. The number of ether oxygens (including phenoxy) is 2. The molecule has 2 saturated heterocycles. The van der Waals surface area contributed by atoms with E-state index in [1.807, 2.05) is 6.92 Å². The molecule has 11 atom stereocenters. The highest BCUT2D eigenvalue weighted by atomic mass is 16.8. The zero-order chi connectivity index (χ0) is 20.2. The summed E-state index contributed by atoms with van der Waals surface area (Å²) in [6, 6.07) is 0. The third-order valence-corrected chi connectivity index (χ3v) is 8.72. The summed E-state index contributed by atoms with van der Waals surface area (Å²) in [7, 11) is 0. The van der Waals surface area contributed by atoms with E-state index in [0.717, 1.165) is 0 Å². The Kier molecular flexibility index (Phi) is 3.77. The molecule has 5 aliphatic rings. The van der Waals surface area contributed by atoms with Gasteiger partial charge in [-0.1, -0.05) is 13.5 Å². The van der Waals surface area contributed by atoms with E-state index >= 15 is 0 Å². The summed E-state index contributed by atoms with van der Waals surface area (Å²) in [5.41, 5.74) is -3.05. The first-order valence-corrected chi connectivity index (χ1v) is 10.0. The number of fused-ring (bicyclic) bond motifs is 1. The van der Waals surface area contributed by atoms with Gasteiger partial charge in [-0.05, 0) is 42.6 Å². The Morgan fingerprint density at radius 2 is 1.93 bits per heavy atom. The topological polar surface area (TPSA) is 137 Å². The van der Waals surface area contributed by atoms with E-state index < -0.39 is 64.9 Å². The SMILES string of the molecule is C=C1[C@@H]2C[C@H](O)[C@@H]3[C@](C2)(C(=O)O[C@H]2O[C@@H](O)[C@@H]4[C@@](C)(CO)CC[C@H](O)[C@]243)[C@@H]1O. The minimum Gasteiger partial charge on any atom is -0.434 e. The van der Waals surface area contributed by atoms with Crippen molar-refractivity contribution in [3.63, 3.8) is 0 Å². The van der Waals surface area contributed by atoms with Gasteiger partial charge in [0.15, 0.2) is 6.29 Å². The summed E-state index contributed by atoms with van der Waals surface area (Å²) < 4.78 is 11.3. The first kappa shape index (κ1) is 19.0. The normalized spacial score (nSPS) is 60.1. The third kappa shape index (κ3) is 1.81. The number of hydrogen-bond donors (Lipinski definition) is 5. The van der Waals surface area contributed by atoms with Gasteiger partial charge in [0.05, 0.1) is 23.7 Å². The first-order valence-electron chi connectivity index (χ1n) is 10.0. The highest BCUT2D eigenvalue weighted by Gasteiger charge is 2.82. The average Bonchev–Trinajstić information content (AvgIpc) is 3.06. The van der Waals surface area contributed by atoms with Gasteiger partial charge in [-0.2, -0.15) is 0 Å². The molecule has 5 N–H and O–H groups in total. The summed E-state index contributed by atoms with van der Waals surface area (Å²) in [4.78, 5) is 13.1. The van der Waals surface area contributed by atoms with E-state index in [2.05, 4.69) is 6.58 Å². The number of rotatable bonds is 1. The van der Waals surface area contributed by atoms with Crippen LogP contribution < -0.4 is 0 Å². The highest BCUT2D eigenvalue weighted by Crippen LogP contribution is 2.73. The highest BCUT2D eigenvalue weighted by molar-refractivity contribution is 5.82. The summed E-state index contributed by atoms with van der Waals surface area (Å²) in [5, 5.41) is 54.4. The maximum absolute atomic E-state index is 13.1. The molecule has 8 nitrogen and oxygen atoms in total. The smallest absolute Gasteiger partial charge is 0.317 e. The predicted octanol–water partition coefficient (Wildman–Crippen LogP) is -0.722. The second kappa shape index (κ2) is 5.56. The number of carbonyl (C=O) groups is 1. The van der Waals surface area contributed by atoms with E-state index in [-0.39, 0.29) is 18.9 Å². The molecule has 0 aromatic carbocycles. The van der Waals surface area contributed by atoms with Gasteiger partial charge in [0.25, 0.3) is 0 Å². The van der Waals surface area contributed by atoms with Crippen molar-refractivity contribution < 1.29 is 39.8 Å². The lowest BCUT2D eigenvalue weighted by Gasteiger charge is -2.63. The lowest BCUT2D eigenvalue weighted by atomic mass is 9.43. The van der Waals surface area contributed by atoms with E-state index in [1.165, 1.54) is 0 Å². The number of hydrogen-bond acceptors (Lipinski definition) is 8. The van der Waals surface area contributed by atoms with E-state index in [9.17, 15) is 30.3 Å². The Balaban J connectivity index is 1.76. The van der Waals surface area contributed by atoms with Crippen LogP contribution in [0, 0.1) is 34.0 Å². The molecule has 2 aliphatic heterocycles. The Labute approximate surface area is 162 Å². The Morgan fingerprint density at radius 3 is 2.61 bits per heavy atom. The molecule has 28 heavy (non-hydrogen) atoms. The van der Waals surface area contributed by atoms with Gasteiger partial charge in [0.2, 0.25) is 6.29 Å². The molecule has 5 fully saturated rings. The molecule has 2 heterocycles. The van der Waals surface area contributed by atoms with Crippen molar-refractivity contribution in [1.82, 2.24) is 0 Å². The van der Waals surface area contributed by atoms with Gasteiger partial charge in [0.1, 0.15) is 5.41 Å². The molecule has 8 heteroatoms. The van der Waals surface area contributed by atoms with Crippen molar-refractivity contribution >= 4 is 5.97 Å². The van der Waals surface area contributed by atoms with Gasteiger partial charge in [-0.15, -0.1) is 0 Å². The number of esters is 1. The summed E-state index contributed by atoms with van der Waals surface area (Å²) >= 11 is 0. The van der Waals surface area contributed by atoms with Crippen LogP contribution >= 0.6 is 0 Å². The van der Waals surface area contributed by atoms with E-state index in [0.29, 0.717) is 24.8 Å². The molecule has 0 radical (unpaired) electrons. The van der Waals surface area contributed by atoms with Crippen molar-refractivity contribution in [2.45, 2.75) is 63.5 Å². The molecule has 5 rings (SSSR count). The maximum Gasteiger partial charge on any atom is 0.317 e. The molecule has 0 unspecified atom stereocenters. The minimum absolute atomic E-state index is 0.211. The first-order chi connectivity index (χ1) is 13.1. The molecule has 0 aromatic heterocycles. The monoisotopic (exact) mass is 396 g/mol. The third-order valence-electron chi connectivity index (χ3n) is 8.72. The molecule has 0 aromatic rings.